The molecule has 0 atom stereocenters. The zero-order valence-electron chi connectivity index (χ0n) is 11.5. The second-order valence-electron chi connectivity index (χ2n) is 4.65. The van der Waals surface area contributed by atoms with Crippen molar-refractivity contribution in [3.8, 4) is 11.3 Å². The monoisotopic (exact) mass is 273 g/mol. The summed E-state index contributed by atoms with van der Waals surface area (Å²) in [5.41, 5.74) is 9.59. The van der Waals surface area contributed by atoms with E-state index in [0.717, 1.165) is 22.5 Å². The topological polar surface area (TPSA) is 51.8 Å². The molecule has 0 saturated carbocycles. The predicted octanol–water partition coefficient (Wildman–Crippen LogP) is 3.90. The maximum atomic E-state index is 5.81. The molecule has 0 spiro atoms. The van der Waals surface area contributed by atoms with Crippen molar-refractivity contribution in [3.05, 3.63) is 78.0 Å². The Morgan fingerprint density at radius 3 is 2.14 bits per heavy atom. The van der Waals surface area contributed by atoms with Gasteiger partial charge in [-0.2, -0.15) is 0 Å². The summed E-state index contributed by atoms with van der Waals surface area (Å²) in [6.45, 7) is 0. The predicted molar refractivity (Wildman–Crippen MR) is 87.3 cm³/mol. The number of hydrogen-bond donors (Lipinski definition) is 1. The molecule has 21 heavy (non-hydrogen) atoms. The minimum absolute atomic E-state index is 0.282. The van der Waals surface area contributed by atoms with Crippen LogP contribution in [0.15, 0.2) is 66.7 Å². The molecule has 0 radical (unpaired) electrons. The summed E-state index contributed by atoms with van der Waals surface area (Å²) >= 11 is 0. The van der Waals surface area contributed by atoms with Gasteiger partial charge in [-0.1, -0.05) is 66.7 Å². The molecule has 0 aliphatic rings. The Morgan fingerprint density at radius 2 is 1.43 bits per heavy atom. The van der Waals surface area contributed by atoms with E-state index < -0.39 is 0 Å². The van der Waals surface area contributed by atoms with Crippen LogP contribution in [0.1, 0.15) is 11.3 Å². The van der Waals surface area contributed by atoms with E-state index in [-0.39, 0.29) is 5.95 Å². The minimum Gasteiger partial charge on any atom is -0.368 e. The molecule has 102 valence electrons. The number of anilines is 1. The van der Waals surface area contributed by atoms with Gasteiger partial charge in [0.15, 0.2) is 0 Å². The van der Waals surface area contributed by atoms with Gasteiger partial charge in [0.2, 0.25) is 5.95 Å². The van der Waals surface area contributed by atoms with Crippen molar-refractivity contribution in [3.63, 3.8) is 0 Å². The van der Waals surface area contributed by atoms with Crippen LogP contribution in [0.25, 0.3) is 23.4 Å². The summed E-state index contributed by atoms with van der Waals surface area (Å²) < 4.78 is 0. The standard InChI is InChI=1S/C18H15N3/c19-18-20-16(12-11-14-7-3-1-4-8-14)13-17(21-18)15-9-5-2-6-10-15/h1-13H,(H2,19,20,21). The first kappa shape index (κ1) is 13.1. The summed E-state index contributed by atoms with van der Waals surface area (Å²) in [5.74, 6) is 0.282. The smallest absolute Gasteiger partial charge is 0.221 e. The van der Waals surface area contributed by atoms with Crippen LogP contribution in [0.5, 0.6) is 0 Å². The third-order valence-corrected chi connectivity index (χ3v) is 3.08. The Hall–Kier alpha value is -2.94. The Labute approximate surface area is 123 Å². The Kier molecular flexibility index (Phi) is 3.74. The number of rotatable bonds is 3. The molecule has 2 aromatic carbocycles. The SMILES string of the molecule is Nc1nc(C=Cc2ccccc2)cc(-c2ccccc2)n1. The maximum Gasteiger partial charge on any atom is 0.221 e. The summed E-state index contributed by atoms with van der Waals surface area (Å²) in [7, 11) is 0. The summed E-state index contributed by atoms with van der Waals surface area (Å²) in [5, 5.41) is 0. The van der Waals surface area contributed by atoms with Gasteiger partial charge in [-0.25, -0.2) is 9.97 Å². The quantitative estimate of drug-likeness (QED) is 0.787. The van der Waals surface area contributed by atoms with E-state index in [1.165, 1.54) is 0 Å². The lowest BCUT2D eigenvalue weighted by Gasteiger charge is -2.03. The van der Waals surface area contributed by atoms with E-state index in [9.17, 15) is 0 Å². The lowest BCUT2D eigenvalue weighted by Crippen LogP contribution is -1.98. The van der Waals surface area contributed by atoms with Crippen LogP contribution in [-0.4, -0.2) is 9.97 Å². The molecule has 0 fully saturated rings. The molecule has 0 unspecified atom stereocenters. The Balaban J connectivity index is 1.93. The van der Waals surface area contributed by atoms with E-state index in [1.807, 2.05) is 78.9 Å². The summed E-state index contributed by atoms with van der Waals surface area (Å²) in [6, 6.07) is 22.0. The van der Waals surface area contributed by atoms with Gasteiger partial charge < -0.3 is 5.73 Å². The average Bonchev–Trinajstić information content (AvgIpc) is 2.54. The first-order chi connectivity index (χ1) is 10.3. The van der Waals surface area contributed by atoms with E-state index >= 15 is 0 Å². The van der Waals surface area contributed by atoms with Gasteiger partial charge in [-0.05, 0) is 17.7 Å². The Bertz CT molecular complexity index is 750. The normalized spacial score (nSPS) is 10.9. The van der Waals surface area contributed by atoms with Crippen molar-refractivity contribution >= 4 is 18.1 Å². The highest BCUT2D eigenvalue weighted by Crippen LogP contribution is 2.19. The minimum atomic E-state index is 0.282. The number of aromatic nitrogens is 2. The van der Waals surface area contributed by atoms with E-state index in [0.29, 0.717) is 0 Å². The fraction of sp³-hybridized carbons (Fsp3) is 0. The van der Waals surface area contributed by atoms with Crippen LogP contribution in [-0.2, 0) is 0 Å². The number of benzene rings is 2. The van der Waals surface area contributed by atoms with Crippen LogP contribution < -0.4 is 5.73 Å². The van der Waals surface area contributed by atoms with Gasteiger partial charge in [0.25, 0.3) is 0 Å². The Morgan fingerprint density at radius 1 is 0.762 bits per heavy atom. The van der Waals surface area contributed by atoms with Crippen LogP contribution in [0, 0.1) is 0 Å². The molecule has 0 saturated heterocycles. The van der Waals surface area contributed by atoms with Crippen LogP contribution in [0.2, 0.25) is 0 Å². The fourth-order valence-corrected chi connectivity index (χ4v) is 2.07. The molecule has 1 heterocycles. The van der Waals surface area contributed by atoms with Gasteiger partial charge >= 0.3 is 0 Å². The van der Waals surface area contributed by atoms with Gasteiger partial charge in [0.1, 0.15) is 0 Å². The highest BCUT2D eigenvalue weighted by atomic mass is 15.0. The first-order valence-electron chi connectivity index (χ1n) is 6.74. The molecular formula is C18H15N3. The fourth-order valence-electron chi connectivity index (χ4n) is 2.07. The zero-order chi connectivity index (χ0) is 14.5. The molecule has 0 bridgehead atoms. The number of nitrogen functional groups attached to an aromatic ring is 1. The molecule has 3 nitrogen and oxygen atoms in total. The van der Waals surface area contributed by atoms with Gasteiger partial charge in [-0.3, -0.25) is 0 Å². The molecule has 1 aromatic heterocycles. The molecule has 3 rings (SSSR count). The van der Waals surface area contributed by atoms with Gasteiger partial charge in [0, 0.05) is 5.56 Å². The zero-order valence-corrected chi connectivity index (χ0v) is 11.5. The van der Waals surface area contributed by atoms with E-state index in [1.54, 1.807) is 0 Å². The molecule has 2 N–H and O–H groups in total. The average molecular weight is 273 g/mol. The maximum absolute atomic E-state index is 5.81. The lowest BCUT2D eigenvalue weighted by atomic mass is 10.1. The number of hydrogen-bond acceptors (Lipinski definition) is 3. The van der Waals surface area contributed by atoms with Gasteiger partial charge in [-0.15, -0.1) is 0 Å². The molecule has 0 aliphatic carbocycles. The van der Waals surface area contributed by atoms with Crippen molar-refractivity contribution in [1.29, 1.82) is 0 Å². The van der Waals surface area contributed by atoms with Crippen molar-refractivity contribution in [1.82, 2.24) is 9.97 Å². The van der Waals surface area contributed by atoms with Crippen molar-refractivity contribution in [2.24, 2.45) is 0 Å². The first-order valence-corrected chi connectivity index (χ1v) is 6.74. The summed E-state index contributed by atoms with van der Waals surface area (Å²) in [4.78, 5) is 8.55. The van der Waals surface area contributed by atoms with Crippen LogP contribution in [0.3, 0.4) is 0 Å². The number of nitrogens with zero attached hydrogens (tertiary/aromatic N) is 2. The largest absolute Gasteiger partial charge is 0.368 e. The molecule has 3 heteroatoms. The third-order valence-electron chi connectivity index (χ3n) is 3.08. The van der Waals surface area contributed by atoms with Crippen molar-refractivity contribution in [2.45, 2.75) is 0 Å². The highest BCUT2D eigenvalue weighted by Gasteiger charge is 2.02. The van der Waals surface area contributed by atoms with E-state index in [4.69, 9.17) is 5.73 Å². The molecule has 0 aliphatic heterocycles. The van der Waals surface area contributed by atoms with Crippen LogP contribution >= 0.6 is 0 Å². The highest BCUT2D eigenvalue weighted by molar-refractivity contribution is 5.71. The van der Waals surface area contributed by atoms with Crippen molar-refractivity contribution < 1.29 is 0 Å². The third kappa shape index (κ3) is 3.34. The second kappa shape index (κ2) is 6.01. The molecular weight excluding hydrogens is 258 g/mol. The molecule has 0 amide bonds. The molecule has 3 aromatic rings. The van der Waals surface area contributed by atoms with Crippen LogP contribution in [0.4, 0.5) is 5.95 Å². The van der Waals surface area contributed by atoms with E-state index in [2.05, 4.69) is 9.97 Å². The lowest BCUT2D eigenvalue weighted by molar-refractivity contribution is 1.17. The second-order valence-corrected chi connectivity index (χ2v) is 4.65. The van der Waals surface area contributed by atoms with Gasteiger partial charge in [0.05, 0.1) is 11.4 Å². The summed E-state index contributed by atoms with van der Waals surface area (Å²) in [6.07, 6.45) is 3.95. The number of nitrogens with two attached hydrogens (primary N) is 1. The van der Waals surface area contributed by atoms with Crippen molar-refractivity contribution in [2.75, 3.05) is 5.73 Å².